The van der Waals surface area contributed by atoms with Crippen molar-refractivity contribution in [3.63, 3.8) is 0 Å². The third-order valence-corrected chi connectivity index (χ3v) is 3.07. The van der Waals surface area contributed by atoms with Crippen LogP contribution in [0.15, 0.2) is 35.0 Å². The molecule has 0 aliphatic heterocycles. The molecule has 0 aliphatic rings. The van der Waals surface area contributed by atoms with Gasteiger partial charge in [-0.1, -0.05) is 23.2 Å². The van der Waals surface area contributed by atoms with Crippen LogP contribution < -0.4 is 0 Å². The van der Waals surface area contributed by atoms with E-state index in [2.05, 4.69) is 0 Å². The SMILES string of the molecule is Clc1cccs1.Clc1cccs1. The fourth-order valence-corrected chi connectivity index (χ4v) is 1.86. The van der Waals surface area contributed by atoms with Gasteiger partial charge in [0.15, 0.2) is 0 Å². The first-order chi connectivity index (χ1) is 5.79. The maximum atomic E-state index is 5.47. The third kappa shape index (κ3) is 4.12. The van der Waals surface area contributed by atoms with Gasteiger partial charge >= 0.3 is 0 Å². The first-order valence-corrected chi connectivity index (χ1v) is 5.68. The molecule has 0 aliphatic carbocycles. The second kappa shape index (κ2) is 5.60. The topological polar surface area (TPSA) is 0 Å². The molecule has 0 spiro atoms. The summed E-state index contributed by atoms with van der Waals surface area (Å²) in [5.41, 5.74) is 0. The van der Waals surface area contributed by atoms with E-state index in [0.717, 1.165) is 8.67 Å². The van der Waals surface area contributed by atoms with E-state index in [1.54, 1.807) is 22.7 Å². The molecule has 2 heterocycles. The van der Waals surface area contributed by atoms with E-state index in [-0.39, 0.29) is 0 Å². The Bertz CT molecular complexity index is 254. The molecule has 4 heteroatoms. The van der Waals surface area contributed by atoms with Crippen LogP contribution in [-0.2, 0) is 0 Å². The van der Waals surface area contributed by atoms with Crippen molar-refractivity contribution in [2.45, 2.75) is 0 Å². The lowest BCUT2D eigenvalue weighted by Crippen LogP contribution is -1.29. The predicted molar refractivity (Wildman–Crippen MR) is 58.7 cm³/mol. The summed E-state index contributed by atoms with van der Waals surface area (Å²) in [6.07, 6.45) is 0. The smallest absolute Gasteiger partial charge is 0.0928 e. The largest absolute Gasteiger partial charge is 0.132 e. The minimum absolute atomic E-state index is 0.856. The van der Waals surface area contributed by atoms with Crippen LogP contribution in [0.2, 0.25) is 8.67 Å². The average Bonchev–Trinajstić information content (AvgIpc) is 2.63. The van der Waals surface area contributed by atoms with E-state index in [9.17, 15) is 0 Å². The number of hydrogen-bond acceptors (Lipinski definition) is 2. The van der Waals surface area contributed by atoms with E-state index >= 15 is 0 Å². The second-order valence-electron chi connectivity index (χ2n) is 1.83. The maximum absolute atomic E-state index is 5.47. The highest BCUT2D eigenvalue weighted by Gasteiger charge is 1.78. The molecule has 12 heavy (non-hydrogen) atoms. The van der Waals surface area contributed by atoms with Crippen molar-refractivity contribution < 1.29 is 0 Å². The van der Waals surface area contributed by atoms with Crippen molar-refractivity contribution in [3.05, 3.63) is 43.7 Å². The fraction of sp³-hybridized carbons (Fsp3) is 0. The molecule has 2 rings (SSSR count). The Hall–Kier alpha value is -0.0200. The Balaban J connectivity index is 0.000000120. The van der Waals surface area contributed by atoms with E-state index < -0.39 is 0 Å². The van der Waals surface area contributed by atoms with Gasteiger partial charge in [0.25, 0.3) is 0 Å². The molecule has 0 aromatic carbocycles. The third-order valence-electron chi connectivity index (χ3n) is 0.973. The molecule has 2 aromatic rings. The highest BCUT2D eigenvalue weighted by atomic mass is 35.5. The van der Waals surface area contributed by atoms with Crippen molar-refractivity contribution in [3.8, 4) is 0 Å². The van der Waals surface area contributed by atoms with E-state index in [0.29, 0.717) is 0 Å². The highest BCUT2D eigenvalue weighted by molar-refractivity contribution is 7.14. The van der Waals surface area contributed by atoms with E-state index in [1.165, 1.54) is 0 Å². The van der Waals surface area contributed by atoms with Gasteiger partial charge in [0.1, 0.15) is 0 Å². The zero-order chi connectivity index (χ0) is 8.81. The Morgan fingerprint density at radius 1 is 0.833 bits per heavy atom. The van der Waals surface area contributed by atoms with Crippen molar-refractivity contribution in [2.24, 2.45) is 0 Å². The number of thiophene rings is 2. The molecule has 0 fully saturated rings. The Morgan fingerprint density at radius 2 is 1.25 bits per heavy atom. The standard InChI is InChI=1S/2C4H3ClS/c2*5-4-2-1-3-6-4/h2*1-3H. The summed E-state index contributed by atoms with van der Waals surface area (Å²) in [6, 6.07) is 7.58. The normalized spacial score (nSPS) is 8.83. The molecule has 0 bridgehead atoms. The molecular formula is C8H6Cl2S2. The van der Waals surface area contributed by atoms with E-state index in [4.69, 9.17) is 23.2 Å². The van der Waals surface area contributed by atoms with E-state index in [1.807, 2.05) is 35.0 Å². The molecule has 0 atom stereocenters. The van der Waals surface area contributed by atoms with Gasteiger partial charge in [0.05, 0.1) is 8.67 Å². The summed E-state index contributed by atoms with van der Waals surface area (Å²) in [7, 11) is 0. The number of halogens is 2. The zero-order valence-electron chi connectivity index (χ0n) is 6.04. The summed E-state index contributed by atoms with van der Waals surface area (Å²) in [6.45, 7) is 0. The molecule has 0 unspecified atom stereocenters. The lowest BCUT2D eigenvalue weighted by Gasteiger charge is -1.62. The summed E-state index contributed by atoms with van der Waals surface area (Å²) in [5.74, 6) is 0. The van der Waals surface area contributed by atoms with Gasteiger partial charge in [0, 0.05) is 0 Å². The van der Waals surface area contributed by atoms with Crippen molar-refractivity contribution in [2.75, 3.05) is 0 Å². The zero-order valence-corrected chi connectivity index (χ0v) is 9.18. The minimum atomic E-state index is 0.856. The Labute approximate surface area is 89.4 Å². The van der Waals surface area contributed by atoms with Crippen LogP contribution in [0.4, 0.5) is 0 Å². The molecule has 0 radical (unpaired) electrons. The summed E-state index contributed by atoms with van der Waals surface area (Å²) >= 11 is 14.0. The maximum Gasteiger partial charge on any atom is 0.0928 e. The molecule has 0 amide bonds. The van der Waals surface area contributed by atoms with Crippen molar-refractivity contribution >= 4 is 45.9 Å². The van der Waals surface area contributed by atoms with Crippen LogP contribution in [0, 0.1) is 0 Å². The van der Waals surface area contributed by atoms with Gasteiger partial charge in [-0.15, -0.1) is 22.7 Å². The van der Waals surface area contributed by atoms with Gasteiger partial charge < -0.3 is 0 Å². The summed E-state index contributed by atoms with van der Waals surface area (Å²) in [5, 5.41) is 3.89. The number of hydrogen-bond donors (Lipinski definition) is 0. The minimum Gasteiger partial charge on any atom is -0.132 e. The van der Waals surface area contributed by atoms with Crippen LogP contribution >= 0.6 is 45.9 Å². The van der Waals surface area contributed by atoms with Gasteiger partial charge in [-0.3, -0.25) is 0 Å². The first kappa shape index (κ1) is 10.1. The van der Waals surface area contributed by atoms with Crippen molar-refractivity contribution in [1.29, 1.82) is 0 Å². The molecule has 2 aromatic heterocycles. The van der Waals surface area contributed by atoms with Gasteiger partial charge in [0.2, 0.25) is 0 Å². The van der Waals surface area contributed by atoms with Crippen molar-refractivity contribution in [1.82, 2.24) is 0 Å². The quantitative estimate of drug-likeness (QED) is 0.617. The van der Waals surface area contributed by atoms with Gasteiger partial charge in [-0.05, 0) is 35.0 Å². The van der Waals surface area contributed by atoms with Crippen LogP contribution in [0.3, 0.4) is 0 Å². The monoisotopic (exact) mass is 236 g/mol. The number of rotatable bonds is 0. The molecule has 0 nitrogen and oxygen atoms in total. The second-order valence-corrected chi connectivity index (χ2v) is 4.99. The predicted octanol–water partition coefficient (Wildman–Crippen LogP) is 4.80. The first-order valence-electron chi connectivity index (χ1n) is 3.17. The summed E-state index contributed by atoms with van der Waals surface area (Å²) < 4.78 is 1.71. The van der Waals surface area contributed by atoms with Crippen LogP contribution in [0.1, 0.15) is 0 Å². The average molecular weight is 237 g/mol. The lowest BCUT2D eigenvalue weighted by molar-refractivity contribution is 2.02. The molecule has 0 saturated heterocycles. The molecular weight excluding hydrogens is 231 g/mol. The lowest BCUT2D eigenvalue weighted by atomic mass is 10.7. The molecule has 64 valence electrons. The Morgan fingerprint density at radius 3 is 1.33 bits per heavy atom. The van der Waals surface area contributed by atoms with Gasteiger partial charge in [-0.25, -0.2) is 0 Å². The summed E-state index contributed by atoms with van der Waals surface area (Å²) in [4.78, 5) is 0. The highest BCUT2D eigenvalue weighted by Crippen LogP contribution is 2.14. The Kier molecular flexibility index (Phi) is 4.69. The van der Waals surface area contributed by atoms with Crippen LogP contribution in [0.25, 0.3) is 0 Å². The molecule has 0 saturated carbocycles. The molecule has 0 N–H and O–H groups in total. The van der Waals surface area contributed by atoms with Crippen LogP contribution in [-0.4, -0.2) is 0 Å². The van der Waals surface area contributed by atoms with Crippen LogP contribution in [0.5, 0.6) is 0 Å². The fourth-order valence-electron chi connectivity index (χ4n) is 0.517. The van der Waals surface area contributed by atoms with Gasteiger partial charge in [-0.2, -0.15) is 0 Å².